The van der Waals surface area contributed by atoms with E-state index >= 15 is 0 Å². The normalized spacial score (nSPS) is 21.8. The number of benzene rings is 4. The number of rotatable bonds is 11. The third-order valence-electron chi connectivity index (χ3n) is 7.08. The minimum Gasteiger partial charge on any atom is -0.459 e. The van der Waals surface area contributed by atoms with E-state index in [2.05, 4.69) is 0 Å². The lowest BCUT2D eigenvalue weighted by molar-refractivity contribution is -0.252. The lowest BCUT2D eigenvalue weighted by Gasteiger charge is -2.44. The molecule has 0 aromatic heterocycles. The molecule has 0 radical (unpaired) electrons. The van der Waals surface area contributed by atoms with Crippen LogP contribution in [0.1, 0.15) is 38.8 Å². The molecule has 7 nitrogen and oxygen atoms in total. The van der Waals surface area contributed by atoms with Crippen LogP contribution in [-0.4, -0.2) is 49.1 Å². The van der Waals surface area contributed by atoms with Gasteiger partial charge in [-0.05, 0) is 42.3 Å². The molecule has 2 unspecified atom stereocenters. The fraction of sp³-hybridized carbons (Fsp3) is 0.257. The van der Waals surface area contributed by atoms with Crippen LogP contribution in [0.3, 0.4) is 0 Å². The van der Waals surface area contributed by atoms with E-state index in [0.29, 0.717) is 11.1 Å². The third kappa shape index (κ3) is 7.70. The number of hydrogen-bond donors (Lipinski definition) is 0. The molecule has 0 saturated carbocycles. The van der Waals surface area contributed by atoms with Gasteiger partial charge >= 0.3 is 11.9 Å². The minimum absolute atomic E-state index is 0.0949. The largest absolute Gasteiger partial charge is 0.459 e. The van der Waals surface area contributed by atoms with E-state index < -0.39 is 42.5 Å². The summed E-state index contributed by atoms with van der Waals surface area (Å²) >= 11 is 0. The summed E-state index contributed by atoms with van der Waals surface area (Å²) in [6.07, 6.45) is -3.52. The van der Waals surface area contributed by atoms with Crippen LogP contribution in [0.4, 0.5) is 0 Å². The van der Waals surface area contributed by atoms with Crippen LogP contribution in [0.2, 0.25) is 0 Å². The van der Waals surface area contributed by atoms with Crippen molar-refractivity contribution in [3.05, 3.63) is 144 Å². The number of hydrogen-bond acceptors (Lipinski definition) is 7. The summed E-state index contributed by atoms with van der Waals surface area (Å²) < 4.78 is 31.0. The van der Waals surface area contributed by atoms with Gasteiger partial charge in [-0.25, -0.2) is 9.59 Å². The Morgan fingerprint density at radius 2 is 1.05 bits per heavy atom. The summed E-state index contributed by atoms with van der Waals surface area (Å²) in [6, 6.07) is 37.0. The zero-order chi connectivity index (χ0) is 29.1. The standard InChI is InChI=1S/C35H34O7/c1-25-31(38-22-26-14-6-2-7-15-26)33(42-35(37)29-20-12-5-13-21-29)32(39-23-27-16-8-3-9-17-27)30(41-25)24-40-34(36)28-18-10-4-11-19-28/h2-21,25,30-33H,22-24H2,1H3/t25-,30?,31+,32-,33?/m1/s1. The van der Waals surface area contributed by atoms with E-state index in [-0.39, 0.29) is 19.8 Å². The summed E-state index contributed by atoms with van der Waals surface area (Å²) in [4.78, 5) is 26.2. The van der Waals surface area contributed by atoms with Crippen molar-refractivity contribution in [3.63, 3.8) is 0 Å². The highest BCUT2D eigenvalue weighted by Gasteiger charge is 2.48. The van der Waals surface area contributed by atoms with E-state index in [0.717, 1.165) is 11.1 Å². The minimum atomic E-state index is -0.852. The van der Waals surface area contributed by atoms with Crippen LogP contribution < -0.4 is 0 Å². The highest BCUT2D eigenvalue weighted by atomic mass is 16.6. The van der Waals surface area contributed by atoms with Gasteiger partial charge in [0.05, 0.1) is 30.4 Å². The first-order chi connectivity index (χ1) is 20.6. The van der Waals surface area contributed by atoms with E-state index in [4.69, 9.17) is 23.7 Å². The van der Waals surface area contributed by atoms with Crippen molar-refractivity contribution in [1.29, 1.82) is 0 Å². The first-order valence-electron chi connectivity index (χ1n) is 14.0. The maximum absolute atomic E-state index is 13.4. The second-order valence-corrected chi connectivity index (χ2v) is 10.1. The fourth-order valence-corrected chi connectivity index (χ4v) is 4.91. The zero-order valence-electron chi connectivity index (χ0n) is 23.4. The van der Waals surface area contributed by atoms with Crippen molar-refractivity contribution in [1.82, 2.24) is 0 Å². The molecule has 5 rings (SSSR count). The molecule has 1 fully saturated rings. The van der Waals surface area contributed by atoms with Crippen LogP contribution in [0.5, 0.6) is 0 Å². The molecule has 0 N–H and O–H groups in total. The summed E-state index contributed by atoms with van der Waals surface area (Å²) in [5.74, 6) is -0.981. The third-order valence-corrected chi connectivity index (χ3v) is 7.08. The maximum Gasteiger partial charge on any atom is 0.338 e. The van der Waals surface area contributed by atoms with Gasteiger partial charge in [0.15, 0.2) is 6.10 Å². The predicted octanol–water partition coefficient (Wildman–Crippen LogP) is 6.03. The van der Waals surface area contributed by atoms with Crippen molar-refractivity contribution >= 4 is 11.9 Å². The Morgan fingerprint density at radius 1 is 0.595 bits per heavy atom. The first kappa shape index (κ1) is 29.2. The highest BCUT2D eigenvalue weighted by Crippen LogP contribution is 2.31. The van der Waals surface area contributed by atoms with Crippen LogP contribution in [0.25, 0.3) is 0 Å². The molecule has 0 aliphatic carbocycles. The highest BCUT2D eigenvalue weighted by molar-refractivity contribution is 5.90. The Kier molecular flexibility index (Phi) is 10.1. The van der Waals surface area contributed by atoms with Crippen molar-refractivity contribution < 1.29 is 33.3 Å². The molecule has 42 heavy (non-hydrogen) atoms. The molecule has 5 atom stereocenters. The number of ether oxygens (including phenoxy) is 5. The van der Waals surface area contributed by atoms with Gasteiger partial charge in [0.2, 0.25) is 0 Å². The molecule has 0 bridgehead atoms. The van der Waals surface area contributed by atoms with Crippen LogP contribution in [0.15, 0.2) is 121 Å². The van der Waals surface area contributed by atoms with Gasteiger partial charge in [-0.2, -0.15) is 0 Å². The average molecular weight is 567 g/mol. The molecule has 4 aromatic carbocycles. The van der Waals surface area contributed by atoms with E-state index in [1.54, 1.807) is 48.5 Å². The maximum atomic E-state index is 13.4. The number of carbonyl (C=O) groups excluding carboxylic acids is 2. The summed E-state index contributed by atoms with van der Waals surface area (Å²) in [6.45, 7) is 2.29. The van der Waals surface area contributed by atoms with Gasteiger partial charge in [-0.3, -0.25) is 0 Å². The number of carbonyl (C=O) groups is 2. The van der Waals surface area contributed by atoms with Crippen molar-refractivity contribution in [2.75, 3.05) is 6.61 Å². The first-order valence-corrected chi connectivity index (χ1v) is 14.0. The molecule has 4 aromatic rings. The van der Waals surface area contributed by atoms with E-state index in [9.17, 15) is 9.59 Å². The second-order valence-electron chi connectivity index (χ2n) is 10.1. The lowest BCUT2D eigenvalue weighted by Crippen LogP contribution is -2.61. The average Bonchev–Trinajstić information content (AvgIpc) is 3.04. The molecule has 216 valence electrons. The van der Waals surface area contributed by atoms with Crippen LogP contribution >= 0.6 is 0 Å². The Balaban J connectivity index is 1.41. The number of esters is 2. The van der Waals surface area contributed by atoms with Gasteiger partial charge in [0.1, 0.15) is 24.9 Å². The Bertz CT molecular complexity index is 1400. The Morgan fingerprint density at radius 3 is 1.57 bits per heavy atom. The SMILES string of the molecule is C[C@H]1OC(COC(=O)c2ccccc2)[C@@H](OCc2ccccc2)C(OC(=O)c2ccccc2)[C@H]1OCc1ccccc1. The Labute approximate surface area is 246 Å². The molecule has 0 spiro atoms. The fourth-order valence-electron chi connectivity index (χ4n) is 4.91. The summed E-state index contributed by atoms with van der Waals surface area (Å²) in [5.41, 5.74) is 2.75. The molecule has 7 heteroatoms. The molecule has 1 aliphatic heterocycles. The molecule has 1 heterocycles. The molecule has 0 amide bonds. The topological polar surface area (TPSA) is 80.3 Å². The van der Waals surface area contributed by atoms with Gasteiger partial charge in [-0.1, -0.05) is 97.1 Å². The van der Waals surface area contributed by atoms with E-state index in [1.165, 1.54) is 0 Å². The van der Waals surface area contributed by atoms with E-state index in [1.807, 2.05) is 79.7 Å². The van der Waals surface area contributed by atoms with Crippen molar-refractivity contribution in [3.8, 4) is 0 Å². The van der Waals surface area contributed by atoms with Gasteiger partial charge < -0.3 is 23.7 Å². The smallest absolute Gasteiger partial charge is 0.338 e. The quantitative estimate of drug-likeness (QED) is 0.205. The van der Waals surface area contributed by atoms with Crippen molar-refractivity contribution in [2.24, 2.45) is 0 Å². The molecule has 1 aliphatic rings. The second kappa shape index (κ2) is 14.5. The zero-order valence-corrected chi connectivity index (χ0v) is 23.4. The predicted molar refractivity (Wildman–Crippen MR) is 157 cm³/mol. The van der Waals surface area contributed by atoms with Crippen LogP contribution in [-0.2, 0) is 36.9 Å². The van der Waals surface area contributed by atoms with Crippen LogP contribution in [0, 0.1) is 0 Å². The Hall–Kier alpha value is -4.30. The summed E-state index contributed by atoms with van der Waals surface area (Å²) in [5, 5.41) is 0. The van der Waals surface area contributed by atoms with Gasteiger partial charge in [0.25, 0.3) is 0 Å². The monoisotopic (exact) mass is 566 g/mol. The van der Waals surface area contributed by atoms with Crippen molar-refractivity contribution in [2.45, 2.75) is 50.7 Å². The summed E-state index contributed by atoms with van der Waals surface area (Å²) in [7, 11) is 0. The molecule has 1 saturated heterocycles. The molecular formula is C35H34O7. The van der Waals surface area contributed by atoms with Gasteiger partial charge in [-0.15, -0.1) is 0 Å². The molecular weight excluding hydrogens is 532 g/mol. The lowest BCUT2D eigenvalue weighted by atomic mass is 9.94. The van der Waals surface area contributed by atoms with Gasteiger partial charge in [0, 0.05) is 0 Å².